The van der Waals surface area contributed by atoms with Crippen LogP contribution in [0.2, 0.25) is 0 Å². The summed E-state index contributed by atoms with van der Waals surface area (Å²) in [5.41, 5.74) is 0.412. The topological polar surface area (TPSA) is 65.9 Å². The SMILES string of the molecule is CC.COC(C)(C)c1ccnc(N2C(=O)N(C)C(C)C2O)c1. The first-order chi connectivity index (χ1) is 10.3. The highest BCUT2D eigenvalue weighted by Crippen LogP contribution is 2.30. The summed E-state index contributed by atoms with van der Waals surface area (Å²) in [6.07, 6.45) is 0.718. The fourth-order valence-corrected chi connectivity index (χ4v) is 2.15. The summed E-state index contributed by atoms with van der Waals surface area (Å²) in [6, 6.07) is 3.08. The second-order valence-electron chi connectivity index (χ2n) is 5.53. The summed E-state index contributed by atoms with van der Waals surface area (Å²) in [5.74, 6) is 0.432. The molecule has 22 heavy (non-hydrogen) atoms. The predicted molar refractivity (Wildman–Crippen MR) is 86.7 cm³/mol. The number of nitrogens with zero attached hydrogens (tertiary/aromatic N) is 3. The molecule has 0 radical (unpaired) electrons. The highest BCUT2D eigenvalue weighted by molar-refractivity contribution is 5.94. The molecule has 1 aromatic rings. The second kappa shape index (κ2) is 7.07. The van der Waals surface area contributed by atoms with Gasteiger partial charge in [-0.1, -0.05) is 13.8 Å². The lowest BCUT2D eigenvalue weighted by Gasteiger charge is -2.25. The number of aliphatic hydroxyl groups excluding tert-OH is 1. The van der Waals surface area contributed by atoms with E-state index in [-0.39, 0.29) is 12.1 Å². The molecular formula is C16H27N3O3. The van der Waals surface area contributed by atoms with Crippen LogP contribution >= 0.6 is 0 Å². The van der Waals surface area contributed by atoms with Gasteiger partial charge in [0.25, 0.3) is 0 Å². The molecule has 1 aromatic heterocycles. The minimum absolute atomic E-state index is 0.259. The molecule has 1 N–H and O–H groups in total. The van der Waals surface area contributed by atoms with E-state index in [1.165, 1.54) is 9.80 Å². The number of carbonyl (C=O) groups excluding carboxylic acids is 1. The fourth-order valence-electron chi connectivity index (χ4n) is 2.15. The number of amides is 2. The molecular weight excluding hydrogens is 282 g/mol. The molecule has 2 amide bonds. The number of pyridine rings is 1. The number of aromatic nitrogens is 1. The van der Waals surface area contributed by atoms with Gasteiger partial charge in [-0.25, -0.2) is 14.7 Å². The second-order valence-corrected chi connectivity index (χ2v) is 5.53. The van der Waals surface area contributed by atoms with E-state index in [9.17, 15) is 9.90 Å². The van der Waals surface area contributed by atoms with Crippen LogP contribution in [0.15, 0.2) is 18.3 Å². The lowest BCUT2D eigenvalue weighted by Crippen LogP contribution is -2.36. The van der Waals surface area contributed by atoms with Crippen molar-refractivity contribution in [2.75, 3.05) is 19.1 Å². The molecule has 6 nitrogen and oxygen atoms in total. The Morgan fingerprint density at radius 1 is 1.36 bits per heavy atom. The molecule has 2 unspecified atom stereocenters. The van der Waals surface area contributed by atoms with Crippen molar-refractivity contribution in [1.82, 2.24) is 9.88 Å². The smallest absolute Gasteiger partial charge is 0.328 e. The Hall–Kier alpha value is -1.66. The van der Waals surface area contributed by atoms with Gasteiger partial charge in [0.05, 0.1) is 11.6 Å². The van der Waals surface area contributed by atoms with Gasteiger partial charge >= 0.3 is 6.03 Å². The van der Waals surface area contributed by atoms with Crippen LogP contribution in [0.25, 0.3) is 0 Å². The van der Waals surface area contributed by atoms with Gasteiger partial charge < -0.3 is 14.7 Å². The third-order valence-electron chi connectivity index (χ3n) is 4.01. The molecule has 2 heterocycles. The highest BCUT2D eigenvalue weighted by Gasteiger charge is 2.42. The Balaban J connectivity index is 0.00000116. The number of methoxy groups -OCH3 is 1. The maximum atomic E-state index is 12.2. The predicted octanol–water partition coefficient (Wildman–Crippen LogP) is 2.57. The highest BCUT2D eigenvalue weighted by atomic mass is 16.5. The molecule has 1 saturated heterocycles. The third-order valence-corrected chi connectivity index (χ3v) is 4.01. The average Bonchev–Trinajstić information content (AvgIpc) is 2.73. The molecule has 2 rings (SSSR count). The Labute approximate surface area is 132 Å². The van der Waals surface area contributed by atoms with Crippen molar-refractivity contribution in [1.29, 1.82) is 0 Å². The van der Waals surface area contributed by atoms with Gasteiger partial charge in [0.15, 0.2) is 6.23 Å². The zero-order chi connectivity index (χ0) is 17.1. The molecule has 0 aliphatic carbocycles. The lowest BCUT2D eigenvalue weighted by molar-refractivity contribution is 0.0191. The molecule has 124 valence electrons. The van der Waals surface area contributed by atoms with Gasteiger partial charge in [-0.05, 0) is 38.5 Å². The van der Waals surface area contributed by atoms with Gasteiger partial charge in [0.2, 0.25) is 0 Å². The molecule has 0 bridgehead atoms. The van der Waals surface area contributed by atoms with Crippen molar-refractivity contribution in [2.24, 2.45) is 0 Å². The van der Waals surface area contributed by atoms with Crippen molar-refractivity contribution in [3.05, 3.63) is 23.9 Å². The standard InChI is InChI=1S/C14H21N3O3.C2H6/c1-9-12(18)17(13(19)16(9)4)11-8-10(6-7-15-11)14(2,3)20-5;1-2/h6-9,12,18H,1-5H3;1-2H3. The van der Waals surface area contributed by atoms with Gasteiger partial charge in [-0.2, -0.15) is 0 Å². The molecule has 0 spiro atoms. The first kappa shape index (κ1) is 18.4. The van der Waals surface area contributed by atoms with Crippen LogP contribution < -0.4 is 4.90 Å². The van der Waals surface area contributed by atoms with Crippen LogP contribution in [0.5, 0.6) is 0 Å². The fraction of sp³-hybridized carbons (Fsp3) is 0.625. The third kappa shape index (κ3) is 3.23. The van der Waals surface area contributed by atoms with Crippen LogP contribution in [0, 0.1) is 0 Å². The number of likely N-dealkylation sites (N-methyl/N-ethyl adjacent to an activating group) is 1. The maximum Gasteiger partial charge on any atom is 0.328 e. The number of urea groups is 1. The van der Waals surface area contributed by atoms with Gasteiger partial charge in [-0.15, -0.1) is 0 Å². The lowest BCUT2D eigenvalue weighted by atomic mass is 9.99. The van der Waals surface area contributed by atoms with Gasteiger partial charge in [0.1, 0.15) is 5.82 Å². The van der Waals surface area contributed by atoms with Crippen LogP contribution in [0.3, 0.4) is 0 Å². The zero-order valence-corrected chi connectivity index (χ0v) is 14.5. The van der Waals surface area contributed by atoms with Gasteiger partial charge in [-0.3, -0.25) is 0 Å². The van der Waals surface area contributed by atoms with E-state index in [0.29, 0.717) is 5.82 Å². The maximum absolute atomic E-state index is 12.2. The van der Waals surface area contributed by atoms with Crippen LogP contribution in [0.4, 0.5) is 10.6 Å². The van der Waals surface area contributed by atoms with Crippen LogP contribution in [0.1, 0.15) is 40.2 Å². The quantitative estimate of drug-likeness (QED) is 0.932. The number of hydrogen-bond acceptors (Lipinski definition) is 4. The number of anilines is 1. The molecule has 1 fully saturated rings. The molecule has 6 heteroatoms. The normalized spacial score (nSPS) is 21.7. The van der Waals surface area contributed by atoms with Crippen molar-refractivity contribution in [3.63, 3.8) is 0 Å². The summed E-state index contributed by atoms with van der Waals surface area (Å²) in [6.45, 7) is 9.66. The molecule has 0 saturated carbocycles. The van der Waals surface area contributed by atoms with E-state index in [2.05, 4.69) is 4.98 Å². The van der Waals surface area contributed by atoms with Crippen molar-refractivity contribution < 1.29 is 14.6 Å². The van der Waals surface area contributed by atoms with E-state index in [4.69, 9.17) is 4.74 Å². The first-order valence-electron chi connectivity index (χ1n) is 7.55. The van der Waals surface area contributed by atoms with E-state index in [1.807, 2.05) is 33.8 Å². The van der Waals surface area contributed by atoms with Crippen molar-refractivity contribution in [2.45, 2.75) is 52.5 Å². The summed E-state index contributed by atoms with van der Waals surface area (Å²) in [5, 5.41) is 10.2. The Kier molecular flexibility index (Phi) is 5.91. The summed E-state index contributed by atoms with van der Waals surface area (Å²) < 4.78 is 5.43. The molecule has 1 aliphatic rings. The Morgan fingerprint density at radius 2 is 1.95 bits per heavy atom. The number of rotatable bonds is 3. The minimum Gasteiger partial charge on any atom is -0.374 e. The monoisotopic (exact) mass is 309 g/mol. The first-order valence-corrected chi connectivity index (χ1v) is 7.55. The number of aliphatic hydroxyl groups is 1. The molecule has 0 aromatic carbocycles. The van der Waals surface area contributed by atoms with Crippen LogP contribution in [-0.2, 0) is 10.3 Å². The Morgan fingerprint density at radius 3 is 2.41 bits per heavy atom. The van der Waals surface area contributed by atoms with E-state index < -0.39 is 11.8 Å². The number of carbonyl (C=O) groups is 1. The molecule has 2 atom stereocenters. The van der Waals surface area contributed by atoms with Crippen LogP contribution in [-0.4, -0.2) is 47.4 Å². The van der Waals surface area contributed by atoms with E-state index in [0.717, 1.165) is 5.56 Å². The summed E-state index contributed by atoms with van der Waals surface area (Å²) in [4.78, 5) is 19.2. The number of hydrogen-bond donors (Lipinski definition) is 1. The largest absolute Gasteiger partial charge is 0.374 e. The Bertz CT molecular complexity index is 519. The summed E-state index contributed by atoms with van der Waals surface area (Å²) in [7, 11) is 3.30. The average molecular weight is 309 g/mol. The van der Waals surface area contributed by atoms with Crippen molar-refractivity contribution >= 4 is 11.8 Å². The van der Waals surface area contributed by atoms with E-state index >= 15 is 0 Å². The minimum atomic E-state index is -0.902. The molecule has 1 aliphatic heterocycles. The zero-order valence-electron chi connectivity index (χ0n) is 14.5. The number of ether oxygens (including phenoxy) is 1. The van der Waals surface area contributed by atoms with Gasteiger partial charge in [0, 0.05) is 20.4 Å². The summed E-state index contributed by atoms with van der Waals surface area (Å²) >= 11 is 0. The van der Waals surface area contributed by atoms with E-state index in [1.54, 1.807) is 33.3 Å². The van der Waals surface area contributed by atoms with Crippen molar-refractivity contribution in [3.8, 4) is 0 Å².